The molecule has 0 aliphatic heterocycles. The molecule has 0 N–H and O–H groups in total. The summed E-state index contributed by atoms with van der Waals surface area (Å²) < 4.78 is 0. The Morgan fingerprint density at radius 1 is 1.14 bits per heavy atom. The van der Waals surface area contributed by atoms with Gasteiger partial charge in [-0.05, 0) is 14.1 Å². The number of hydroxylamine groups is 2. The molecule has 0 amide bonds. The molecule has 0 aliphatic carbocycles. The average Bonchev–Trinajstić information content (AvgIpc) is 0.811. The van der Waals surface area contributed by atoms with Gasteiger partial charge in [-0.2, -0.15) is 0 Å². The van der Waals surface area contributed by atoms with Crippen LogP contribution in [0.5, 0.6) is 0 Å². The van der Waals surface area contributed by atoms with Gasteiger partial charge in [-0.25, -0.2) is 0 Å². The van der Waals surface area contributed by atoms with Crippen molar-refractivity contribution in [3.63, 3.8) is 0 Å². The second-order valence-corrected chi connectivity index (χ2v) is 0.812. The van der Waals surface area contributed by atoms with Gasteiger partial charge < -0.3 is 25.1 Å². The van der Waals surface area contributed by atoms with Crippen molar-refractivity contribution < 1.29 is 19.8 Å². The summed E-state index contributed by atoms with van der Waals surface area (Å²) in [4.78, 5) is 0. The van der Waals surface area contributed by atoms with Crippen molar-refractivity contribution in [3.05, 3.63) is 20.1 Å². The first-order valence-electron chi connectivity index (χ1n) is 1.08. The third kappa shape index (κ3) is 440. The molecule has 0 aromatic carbocycles. The fraction of sp³-hybridized carbons (Fsp3) is 0.500. The van der Waals surface area contributed by atoms with Crippen molar-refractivity contribution in [1.82, 2.24) is 5.06 Å². The number of rotatable bonds is 0. The molecule has 0 fully saturated rings. The predicted molar refractivity (Wildman–Crippen MR) is 29.9 cm³/mol. The summed E-state index contributed by atoms with van der Waals surface area (Å²) in [5.74, 6) is 0. The summed E-state index contributed by atoms with van der Waals surface area (Å²) in [6.07, 6.45) is 0. The summed E-state index contributed by atoms with van der Waals surface area (Å²) in [5, 5.41) is 10.1. The van der Waals surface area contributed by atoms with E-state index in [1.807, 2.05) is 0 Å². The van der Waals surface area contributed by atoms with Crippen molar-refractivity contribution in [1.29, 1.82) is 0 Å². The average molecular weight is 280 g/mol. The first-order chi connectivity index (χ1) is 1.73. The summed E-state index contributed by atoms with van der Waals surface area (Å²) in [6, 6.07) is 0. The SMILES string of the molecule is CN(C)[O-].[CH3-].[CH3-].[Os]. The van der Waals surface area contributed by atoms with E-state index in [2.05, 4.69) is 0 Å². The van der Waals surface area contributed by atoms with Crippen LogP contribution in [0.15, 0.2) is 0 Å². The maximum atomic E-state index is 9.36. The Morgan fingerprint density at radius 3 is 1.14 bits per heavy atom. The van der Waals surface area contributed by atoms with Crippen LogP contribution in [0.3, 0.4) is 0 Å². The van der Waals surface area contributed by atoms with E-state index in [9.17, 15) is 5.21 Å². The van der Waals surface area contributed by atoms with Gasteiger partial charge in [0.05, 0.1) is 0 Å². The van der Waals surface area contributed by atoms with E-state index < -0.39 is 0 Å². The summed E-state index contributed by atoms with van der Waals surface area (Å²) in [7, 11) is 2.89. The monoisotopic (exact) mass is 282 g/mol. The molecule has 0 aromatic heterocycles. The zero-order chi connectivity index (χ0) is 3.58. The molecule has 0 radical (unpaired) electrons. The zero-order valence-electron chi connectivity index (χ0n) is 5.21. The third-order valence-corrected chi connectivity index (χ3v) is 0. The number of hydrogen-bond acceptors (Lipinski definition) is 2. The van der Waals surface area contributed by atoms with E-state index in [1.54, 1.807) is 0 Å². The van der Waals surface area contributed by atoms with Gasteiger partial charge in [-0.15, -0.1) is 0 Å². The minimum Gasteiger partial charge on any atom is -0.785 e. The Bertz CT molecular complexity index is 16.4. The van der Waals surface area contributed by atoms with Crippen molar-refractivity contribution >= 4 is 0 Å². The first-order valence-corrected chi connectivity index (χ1v) is 1.08. The molecule has 0 atom stereocenters. The normalized spacial score (nSPS) is 5.14. The Morgan fingerprint density at radius 2 is 1.14 bits per heavy atom. The third-order valence-electron chi connectivity index (χ3n) is 0. The van der Waals surface area contributed by atoms with Crippen LogP contribution >= 0.6 is 0 Å². The molecule has 0 aromatic rings. The van der Waals surface area contributed by atoms with Crippen molar-refractivity contribution in [2.75, 3.05) is 14.1 Å². The second kappa shape index (κ2) is 16.0. The maximum absolute atomic E-state index is 9.36. The molecule has 50 valence electrons. The molecule has 0 heterocycles. The van der Waals surface area contributed by atoms with E-state index >= 15 is 0 Å². The van der Waals surface area contributed by atoms with Gasteiger partial charge in [-0.1, -0.05) is 0 Å². The van der Waals surface area contributed by atoms with E-state index in [-0.39, 0.29) is 34.6 Å². The Balaban J connectivity index is -0.0000000150. The molecule has 0 saturated heterocycles. The minimum atomic E-state index is 0. The van der Waals surface area contributed by atoms with Crippen molar-refractivity contribution in [2.24, 2.45) is 0 Å². The standard InChI is InChI=1S/C2H6NO.2CH3.Os/c1-3(2)4;;;/h1-2H3;2*1H3;/q3*-1;. The molecule has 0 saturated carbocycles. The topological polar surface area (TPSA) is 26.3 Å². The largest absolute Gasteiger partial charge is 0.785 e. The summed E-state index contributed by atoms with van der Waals surface area (Å²) in [5.41, 5.74) is 0. The first kappa shape index (κ1) is 25.7. The van der Waals surface area contributed by atoms with Crippen LogP contribution in [0.4, 0.5) is 0 Å². The fourth-order valence-electron chi connectivity index (χ4n) is 0. The van der Waals surface area contributed by atoms with Gasteiger partial charge in [-0.3, -0.25) is 0 Å². The quantitative estimate of drug-likeness (QED) is 0.488. The van der Waals surface area contributed by atoms with Crippen molar-refractivity contribution in [2.45, 2.75) is 0 Å². The van der Waals surface area contributed by atoms with Crippen LogP contribution in [0.2, 0.25) is 0 Å². The van der Waals surface area contributed by atoms with Crippen LogP contribution in [0, 0.1) is 20.1 Å². The van der Waals surface area contributed by atoms with E-state index in [0.717, 1.165) is 5.06 Å². The predicted octanol–water partition coefficient (Wildman–Crippen LogP) is 0.944. The van der Waals surface area contributed by atoms with E-state index in [0.29, 0.717) is 0 Å². The molecule has 0 unspecified atom stereocenters. The summed E-state index contributed by atoms with van der Waals surface area (Å²) >= 11 is 0. The van der Waals surface area contributed by atoms with E-state index in [1.165, 1.54) is 14.1 Å². The number of hydrogen-bond donors (Lipinski definition) is 0. The molecule has 3 heteroatoms. The Kier molecular flexibility index (Phi) is 58.7. The molecular formula is C4H12NOOs-3. The molecule has 0 spiro atoms. The molecule has 0 bridgehead atoms. The molecular weight excluding hydrogens is 268 g/mol. The molecule has 0 rings (SSSR count). The van der Waals surface area contributed by atoms with Crippen LogP contribution in [0.1, 0.15) is 0 Å². The summed E-state index contributed by atoms with van der Waals surface area (Å²) in [6.45, 7) is 0. The van der Waals surface area contributed by atoms with Crippen LogP contribution in [0.25, 0.3) is 0 Å². The molecule has 0 aliphatic rings. The zero-order valence-corrected chi connectivity index (χ0v) is 7.75. The smallest absolute Gasteiger partial charge is 0 e. The second-order valence-electron chi connectivity index (χ2n) is 0.812. The number of nitrogens with zero attached hydrogens (tertiary/aromatic N) is 1. The molecule has 7 heavy (non-hydrogen) atoms. The fourth-order valence-corrected chi connectivity index (χ4v) is 0. The Labute approximate surface area is 59.5 Å². The van der Waals surface area contributed by atoms with Gasteiger partial charge in [0.15, 0.2) is 0 Å². The van der Waals surface area contributed by atoms with Gasteiger partial charge in [0.1, 0.15) is 0 Å². The van der Waals surface area contributed by atoms with E-state index in [4.69, 9.17) is 0 Å². The van der Waals surface area contributed by atoms with Crippen molar-refractivity contribution in [3.8, 4) is 0 Å². The van der Waals surface area contributed by atoms with Crippen LogP contribution in [-0.4, -0.2) is 19.2 Å². The minimum absolute atomic E-state index is 0. The Hall–Kier alpha value is 0.556. The molecule has 2 nitrogen and oxygen atoms in total. The van der Waals surface area contributed by atoms with Gasteiger partial charge in [0.25, 0.3) is 0 Å². The van der Waals surface area contributed by atoms with Crippen LogP contribution in [-0.2, 0) is 19.8 Å². The maximum Gasteiger partial charge on any atom is 0 e. The van der Waals surface area contributed by atoms with Gasteiger partial charge >= 0.3 is 0 Å². The van der Waals surface area contributed by atoms with Gasteiger partial charge in [0, 0.05) is 19.8 Å². The van der Waals surface area contributed by atoms with Gasteiger partial charge in [0.2, 0.25) is 0 Å². The van der Waals surface area contributed by atoms with Crippen LogP contribution < -0.4 is 0 Å².